The summed E-state index contributed by atoms with van der Waals surface area (Å²) >= 11 is 0. The third-order valence-corrected chi connectivity index (χ3v) is 5.29. The van der Waals surface area contributed by atoms with E-state index in [0.717, 1.165) is 21.2 Å². The molecule has 0 amide bonds. The van der Waals surface area contributed by atoms with Crippen molar-refractivity contribution in [1.82, 2.24) is 10.0 Å². The fourth-order valence-corrected chi connectivity index (χ4v) is 3.63. The van der Waals surface area contributed by atoms with Crippen molar-refractivity contribution in [2.24, 2.45) is 0 Å². The Morgan fingerprint density at radius 1 is 1.04 bits per heavy atom. The van der Waals surface area contributed by atoms with Crippen molar-refractivity contribution >= 4 is 21.5 Å². The molecule has 2 aromatic rings. The van der Waals surface area contributed by atoms with Crippen LogP contribution in [0.3, 0.4) is 0 Å². The maximum Gasteiger partial charge on any atom is 0.0912 e. The summed E-state index contributed by atoms with van der Waals surface area (Å²) in [5.74, 6) is 0. The quantitative estimate of drug-likeness (QED) is 0.504. The average molecular weight is 381 g/mol. The summed E-state index contributed by atoms with van der Waals surface area (Å²) < 4.78 is 19.4. The van der Waals surface area contributed by atoms with Gasteiger partial charge in [-0.2, -0.15) is 4.72 Å². The first-order valence-corrected chi connectivity index (χ1v) is 10.7. The van der Waals surface area contributed by atoms with Gasteiger partial charge in [-0.05, 0) is 49.9 Å². The highest BCUT2D eigenvalue weighted by Gasteiger charge is 2.21. The van der Waals surface area contributed by atoms with Crippen molar-refractivity contribution in [3.63, 3.8) is 0 Å². The zero-order valence-electron chi connectivity index (χ0n) is 17.5. The van der Waals surface area contributed by atoms with Crippen LogP contribution in [0.15, 0.2) is 59.1 Å². The van der Waals surface area contributed by atoms with Gasteiger partial charge >= 0.3 is 0 Å². The van der Waals surface area contributed by atoms with E-state index >= 15 is 0 Å². The van der Waals surface area contributed by atoms with E-state index < -0.39 is 10.8 Å². The molecule has 0 fully saturated rings. The van der Waals surface area contributed by atoms with E-state index in [1.807, 2.05) is 97.1 Å². The standard InChI is InChI=1S/C17H24N2O2S.2C2H6/c1-13(2)12-18-14(3)19-22(20,21-4)17-10-9-15-7-5-6-8-16(15)11-17;2*1-2/h5-12,14,18-20H,1-4H3;2*1-2H3. The average Bonchev–Trinajstić information content (AvgIpc) is 2.69. The molecule has 0 aromatic heterocycles. The maximum absolute atomic E-state index is 10.9. The highest BCUT2D eigenvalue weighted by Crippen LogP contribution is 2.49. The van der Waals surface area contributed by atoms with Gasteiger partial charge in [-0.1, -0.05) is 63.6 Å². The Hall–Kier alpha value is -1.53. The lowest BCUT2D eigenvalue weighted by atomic mass is 10.1. The van der Waals surface area contributed by atoms with Gasteiger partial charge in [-0.3, -0.25) is 8.74 Å². The summed E-state index contributed by atoms with van der Waals surface area (Å²) in [7, 11) is -1.02. The van der Waals surface area contributed by atoms with E-state index in [1.54, 1.807) is 0 Å². The minimum Gasteiger partial charge on any atom is -0.375 e. The number of rotatable bonds is 6. The van der Waals surface area contributed by atoms with Crippen LogP contribution in [0.25, 0.3) is 10.8 Å². The van der Waals surface area contributed by atoms with Crippen LogP contribution in [0, 0.1) is 0 Å². The third kappa shape index (κ3) is 7.38. The van der Waals surface area contributed by atoms with Crippen LogP contribution in [0.4, 0.5) is 0 Å². The number of hydrogen-bond acceptors (Lipinski definition) is 4. The lowest BCUT2D eigenvalue weighted by molar-refractivity contribution is 0.374. The molecule has 2 aromatic carbocycles. The smallest absolute Gasteiger partial charge is 0.0912 e. The lowest BCUT2D eigenvalue weighted by Crippen LogP contribution is -2.39. The summed E-state index contributed by atoms with van der Waals surface area (Å²) in [6.45, 7) is 14.0. The number of allylic oxidation sites excluding steroid dienone is 1. The summed E-state index contributed by atoms with van der Waals surface area (Å²) in [5.41, 5.74) is 1.16. The zero-order chi connectivity index (χ0) is 20.2. The highest BCUT2D eigenvalue weighted by molar-refractivity contribution is 8.23. The first-order chi connectivity index (χ1) is 12.4. The second-order valence-electron chi connectivity index (χ2n) is 5.43. The Labute approximate surface area is 161 Å². The molecule has 5 heteroatoms. The molecule has 2 unspecified atom stereocenters. The summed E-state index contributed by atoms with van der Waals surface area (Å²) in [6.07, 6.45) is 1.79. The number of benzene rings is 2. The van der Waals surface area contributed by atoms with Gasteiger partial charge in [0.2, 0.25) is 0 Å². The number of nitrogens with one attached hydrogen (secondary N) is 2. The molecule has 2 atom stereocenters. The number of fused-ring (bicyclic) bond motifs is 1. The normalized spacial score (nSPS) is 14.5. The molecule has 3 N–H and O–H groups in total. The predicted molar refractivity (Wildman–Crippen MR) is 117 cm³/mol. The zero-order valence-corrected chi connectivity index (χ0v) is 18.3. The SMILES string of the molecule is CC.CC.COS(O)(NC(C)NC=C(C)C)c1ccc2ccccc2c1. The maximum atomic E-state index is 10.9. The Morgan fingerprint density at radius 3 is 2.15 bits per heavy atom. The Balaban J connectivity index is 0.00000146. The van der Waals surface area contributed by atoms with Crippen LogP contribution in [0.1, 0.15) is 48.5 Å². The summed E-state index contributed by atoms with van der Waals surface area (Å²) in [5, 5.41) is 5.40. The van der Waals surface area contributed by atoms with Crippen molar-refractivity contribution < 1.29 is 8.74 Å². The van der Waals surface area contributed by atoms with Crippen LogP contribution in [0.2, 0.25) is 0 Å². The second-order valence-corrected chi connectivity index (χ2v) is 7.52. The topological polar surface area (TPSA) is 53.5 Å². The van der Waals surface area contributed by atoms with Crippen molar-refractivity contribution in [3.8, 4) is 0 Å². The van der Waals surface area contributed by atoms with E-state index in [4.69, 9.17) is 4.18 Å². The fourth-order valence-electron chi connectivity index (χ4n) is 2.12. The van der Waals surface area contributed by atoms with E-state index in [2.05, 4.69) is 10.0 Å². The fraction of sp³-hybridized carbons (Fsp3) is 0.429. The van der Waals surface area contributed by atoms with Gasteiger partial charge in [0, 0.05) is 0 Å². The molecule has 0 aliphatic rings. The minimum absolute atomic E-state index is 0.124. The summed E-state index contributed by atoms with van der Waals surface area (Å²) in [4.78, 5) is 0.750. The Kier molecular flexibility index (Phi) is 12.0. The first kappa shape index (κ1) is 24.5. The third-order valence-electron chi connectivity index (χ3n) is 3.24. The van der Waals surface area contributed by atoms with Crippen molar-refractivity contribution in [1.29, 1.82) is 0 Å². The largest absolute Gasteiger partial charge is 0.375 e. The molecule has 0 saturated heterocycles. The molecule has 0 spiro atoms. The van der Waals surface area contributed by atoms with Crippen LogP contribution in [-0.2, 0) is 4.18 Å². The van der Waals surface area contributed by atoms with Gasteiger partial charge in [-0.15, -0.1) is 10.8 Å². The van der Waals surface area contributed by atoms with Crippen molar-refractivity contribution in [2.45, 2.75) is 59.5 Å². The molecule has 0 heterocycles. The van der Waals surface area contributed by atoms with Gasteiger partial charge in [0.1, 0.15) is 0 Å². The predicted octanol–water partition coefficient (Wildman–Crippen LogP) is 6.45. The van der Waals surface area contributed by atoms with Gasteiger partial charge < -0.3 is 5.32 Å². The lowest BCUT2D eigenvalue weighted by Gasteiger charge is -2.39. The van der Waals surface area contributed by atoms with E-state index in [-0.39, 0.29) is 6.17 Å². The minimum atomic E-state index is -2.54. The molecule has 26 heavy (non-hydrogen) atoms. The van der Waals surface area contributed by atoms with Crippen molar-refractivity contribution in [2.75, 3.05) is 7.11 Å². The van der Waals surface area contributed by atoms with E-state index in [0.29, 0.717) is 0 Å². The Bertz CT molecular complexity index is 672. The van der Waals surface area contributed by atoms with Gasteiger partial charge in [0.15, 0.2) is 0 Å². The van der Waals surface area contributed by atoms with E-state index in [9.17, 15) is 4.55 Å². The molecule has 4 nitrogen and oxygen atoms in total. The first-order valence-electron chi connectivity index (χ1n) is 9.21. The monoisotopic (exact) mass is 380 g/mol. The van der Waals surface area contributed by atoms with Gasteiger partial charge in [0.25, 0.3) is 0 Å². The molecule has 0 bridgehead atoms. The van der Waals surface area contributed by atoms with Crippen LogP contribution in [0.5, 0.6) is 0 Å². The molecule has 2 rings (SSSR count). The van der Waals surface area contributed by atoms with Crippen LogP contribution >= 0.6 is 10.8 Å². The molecular formula is C21H36N2O2S. The van der Waals surface area contributed by atoms with Gasteiger partial charge in [-0.25, -0.2) is 0 Å². The van der Waals surface area contributed by atoms with Crippen LogP contribution in [-0.4, -0.2) is 17.8 Å². The second kappa shape index (κ2) is 12.8. The molecule has 148 valence electrons. The molecule has 0 saturated carbocycles. The summed E-state index contributed by atoms with van der Waals surface area (Å²) in [6, 6.07) is 13.9. The molecule has 0 aliphatic carbocycles. The molecular weight excluding hydrogens is 344 g/mol. The van der Waals surface area contributed by atoms with Crippen LogP contribution < -0.4 is 10.0 Å². The molecule has 0 aliphatic heterocycles. The van der Waals surface area contributed by atoms with Gasteiger partial charge in [0.05, 0.1) is 18.2 Å². The highest BCUT2D eigenvalue weighted by atomic mass is 32.3. The molecule has 0 radical (unpaired) electrons. The van der Waals surface area contributed by atoms with Crippen molar-refractivity contribution in [3.05, 3.63) is 54.2 Å². The Morgan fingerprint density at radius 2 is 1.62 bits per heavy atom. The number of hydrogen-bond donors (Lipinski definition) is 3. The van der Waals surface area contributed by atoms with E-state index in [1.165, 1.54) is 7.11 Å².